The van der Waals surface area contributed by atoms with E-state index in [0.717, 1.165) is 16.9 Å². The number of amides is 1. The van der Waals surface area contributed by atoms with Crippen molar-refractivity contribution >= 4 is 17.2 Å². The van der Waals surface area contributed by atoms with Crippen LogP contribution in [0, 0.1) is 0 Å². The molecule has 2 heterocycles. The first kappa shape index (κ1) is 15.4. The fourth-order valence-electron chi connectivity index (χ4n) is 2.00. The molecule has 0 aliphatic rings. The highest BCUT2D eigenvalue weighted by atomic mass is 32.1. The molecule has 5 nitrogen and oxygen atoms in total. The third kappa shape index (κ3) is 3.48. The molecular weight excluding hydrogens is 310 g/mol. The highest BCUT2D eigenvalue weighted by Crippen LogP contribution is 2.28. The summed E-state index contributed by atoms with van der Waals surface area (Å²) in [4.78, 5) is 18.0. The molecule has 2 aromatic heterocycles. The minimum Gasteiger partial charge on any atom is -0.349 e. The summed E-state index contributed by atoms with van der Waals surface area (Å²) >= 11 is 1.36. The lowest BCUT2D eigenvalue weighted by atomic mass is 10.2. The molecule has 0 fully saturated rings. The summed E-state index contributed by atoms with van der Waals surface area (Å²) in [5, 5.41) is 6.95. The van der Waals surface area contributed by atoms with Crippen molar-refractivity contribution in [2.24, 2.45) is 0 Å². The number of aromatic nitrogens is 2. The first-order valence-corrected chi connectivity index (χ1v) is 8.29. The average Bonchev–Trinajstić information content (AvgIpc) is 3.24. The Kier molecular flexibility index (Phi) is 4.52. The van der Waals surface area contributed by atoms with E-state index in [1.54, 1.807) is 6.07 Å². The Morgan fingerprint density at radius 1 is 1.26 bits per heavy atom. The highest BCUT2D eigenvalue weighted by Gasteiger charge is 2.16. The standard InChI is InChI=1S/C17H17N3O2S/c1-3-11(2)18-16(21)14-10-9-13(23-14)15-19-17(22-20-15)12-7-5-4-6-8-12/h4-11H,3H2,1-2H3,(H,18,21)/t11-/m0/s1. The Morgan fingerprint density at radius 2 is 2.04 bits per heavy atom. The fraction of sp³-hybridized carbons (Fsp3) is 0.235. The van der Waals surface area contributed by atoms with Crippen LogP contribution in [0.5, 0.6) is 0 Å². The van der Waals surface area contributed by atoms with Gasteiger partial charge in [-0.1, -0.05) is 30.3 Å². The summed E-state index contributed by atoms with van der Waals surface area (Å²) in [7, 11) is 0. The van der Waals surface area contributed by atoms with Crippen LogP contribution < -0.4 is 5.32 Å². The average molecular weight is 327 g/mol. The van der Waals surface area contributed by atoms with Crippen LogP contribution in [0.3, 0.4) is 0 Å². The monoisotopic (exact) mass is 327 g/mol. The van der Waals surface area contributed by atoms with Gasteiger partial charge in [0.05, 0.1) is 9.75 Å². The summed E-state index contributed by atoms with van der Waals surface area (Å²) < 4.78 is 5.30. The van der Waals surface area contributed by atoms with Gasteiger partial charge >= 0.3 is 0 Å². The van der Waals surface area contributed by atoms with Crippen LogP contribution in [0.25, 0.3) is 22.2 Å². The molecule has 6 heteroatoms. The van der Waals surface area contributed by atoms with Crippen LogP contribution in [0.2, 0.25) is 0 Å². The molecule has 118 valence electrons. The maximum absolute atomic E-state index is 12.1. The maximum atomic E-state index is 12.1. The molecule has 0 spiro atoms. The normalized spacial score (nSPS) is 12.1. The van der Waals surface area contributed by atoms with Crippen LogP contribution in [-0.4, -0.2) is 22.1 Å². The second kappa shape index (κ2) is 6.75. The van der Waals surface area contributed by atoms with Crippen molar-refractivity contribution in [3.63, 3.8) is 0 Å². The first-order valence-electron chi connectivity index (χ1n) is 7.47. The molecule has 1 atom stereocenters. The number of thiophene rings is 1. The molecule has 0 saturated carbocycles. The lowest BCUT2D eigenvalue weighted by molar-refractivity contribution is 0.0943. The Labute approximate surface area is 138 Å². The zero-order valence-electron chi connectivity index (χ0n) is 12.9. The summed E-state index contributed by atoms with van der Waals surface area (Å²) in [6.07, 6.45) is 0.898. The minimum atomic E-state index is -0.0672. The van der Waals surface area contributed by atoms with Crippen LogP contribution in [-0.2, 0) is 0 Å². The van der Waals surface area contributed by atoms with E-state index in [4.69, 9.17) is 4.52 Å². The number of benzene rings is 1. The number of hydrogen-bond donors (Lipinski definition) is 1. The molecule has 0 aliphatic carbocycles. The number of carbonyl (C=O) groups excluding carboxylic acids is 1. The number of nitrogens with one attached hydrogen (secondary N) is 1. The van der Waals surface area contributed by atoms with Gasteiger partial charge in [0.1, 0.15) is 0 Å². The zero-order chi connectivity index (χ0) is 16.2. The van der Waals surface area contributed by atoms with E-state index in [1.165, 1.54) is 11.3 Å². The van der Waals surface area contributed by atoms with Gasteiger partial charge in [-0.05, 0) is 37.6 Å². The third-order valence-corrected chi connectivity index (χ3v) is 4.57. The molecule has 3 rings (SSSR count). The van der Waals surface area contributed by atoms with Crippen LogP contribution in [0.15, 0.2) is 47.0 Å². The van der Waals surface area contributed by atoms with Crippen molar-refractivity contribution in [3.05, 3.63) is 47.3 Å². The lowest BCUT2D eigenvalue weighted by Gasteiger charge is -2.09. The topological polar surface area (TPSA) is 68.0 Å². The summed E-state index contributed by atoms with van der Waals surface area (Å²) in [5.74, 6) is 0.901. The molecule has 0 unspecified atom stereocenters. The summed E-state index contributed by atoms with van der Waals surface area (Å²) in [6.45, 7) is 4.02. The molecule has 0 radical (unpaired) electrons. The van der Waals surface area contributed by atoms with E-state index in [0.29, 0.717) is 16.6 Å². The van der Waals surface area contributed by atoms with Gasteiger partial charge < -0.3 is 9.84 Å². The first-order chi connectivity index (χ1) is 11.2. The molecule has 0 aliphatic heterocycles. The van der Waals surface area contributed by atoms with Gasteiger partial charge in [-0.15, -0.1) is 11.3 Å². The summed E-state index contributed by atoms with van der Waals surface area (Å²) in [6, 6.07) is 13.4. The van der Waals surface area contributed by atoms with Crippen LogP contribution >= 0.6 is 11.3 Å². The molecular formula is C17H17N3O2S. The van der Waals surface area contributed by atoms with Gasteiger partial charge in [0, 0.05) is 11.6 Å². The Morgan fingerprint density at radius 3 is 2.78 bits per heavy atom. The van der Waals surface area contributed by atoms with Crippen molar-refractivity contribution in [1.29, 1.82) is 0 Å². The second-order valence-electron chi connectivity index (χ2n) is 5.24. The van der Waals surface area contributed by atoms with Crippen LogP contribution in [0.1, 0.15) is 29.9 Å². The Balaban J connectivity index is 1.79. The van der Waals surface area contributed by atoms with Crippen molar-refractivity contribution in [2.75, 3.05) is 0 Å². The van der Waals surface area contributed by atoms with E-state index in [9.17, 15) is 4.79 Å². The molecule has 23 heavy (non-hydrogen) atoms. The van der Waals surface area contributed by atoms with Crippen LogP contribution in [0.4, 0.5) is 0 Å². The molecule has 1 N–H and O–H groups in total. The Hall–Kier alpha value is -2.47. The van der Waals surface area contributed by atoms with E-state index in [2.05, 4.69) is 15.5 Å². The van der Waals surface area contributed by atoms with E-state index in [-0.39, 0.29) is 11.9 Å². The summed E-state index contributed by atoms with van der Waals surface area (Å²) in [5.41, 5.74) is 0.873. The number of rotatable bonds is 5. The SMILES string of the molecule is CC[C@H](C)NC(=O)c1ccc(-c2noc(-c3ccccc3)n2)s1. The smallest absolute Gasteiger partial charge is 0.261 e. The van der Waals surface area contributed by atoms with E-state index >= 15 is 0 Å². The van der Waals surface area contributed by atoms with Gasteiger partial charge in [-0.3, -0.25) is 4.79 Å². The van der Waals surface area contributed by atoms with E-state index < -0.39 is 0 Å². The molecule has 1 amide bonds. The number of nitrogens with zero attached hydrogens (tertiary/aromatic N) is 2. The molecule has 3 aromatic rings. The predicted molar refractivity (Wildman–Crippen MR) is 90.3 cm³/mol. The largest absolute Gasteiger partial charge is 0.349 e. The van der Waals surface area contributed by atoms with Gasteiger partial charge in [0.25, 0.3) is 11.8 Å². The predicted octanol–water partition coefficient (Wildman–Crippen LogP) is 3.99. The third-order valence-electron chi connectivity index (χ3n) is 3.49. The maximum Gasteiger partial charge on any atom is 0.261 e. The number of carbonyl (C=O) groups is 1. The molecule has 1 aromatic carbocycles. The second-order valence-corrected chi connectivity index (χ2v) is 6.32. The molecule has 0 bridgehead atoms. The van der Waals surface area contributed by atoms with Crippen molar-refractivity contribution in [1.82, 2.24) is 15.5 Å². The van der Waals surface area contributed by atoms with Crippen molar-refractivity contribution < 1.29 is 9.32 Å². The fourth-order valence-corrected chi connectivity index (χ4v) is 2.83. The van der Waals surface area contributed by atoms with Crippen molar-refractivity contribution in [2.45, 2.75) is 26.3 Å². The van der Waals surface area contributed by atoms with Gasteiger partial charge in [0.2, 0.25) is 5.82 Å². The van der Waals surface area contributed by atoms with Crippen molar-refractivity contribution in [3.8, 4) is 22.2 Å². The van der Waals surface area contributed by atoms with E-state index in [1.807, 2.05) is 50.2 Å². The molecule has 0 saturated heterocycles. The van der Waals surface area contributed by atoms with Gasteiger partial charge in [-0.25, -0.2) is 0 Å². The highest BCUT2D eigenvalue weighted by molar-refractivity contribution is 7.17. The Bertz CT molecular complexity index is 795. The zero-order valence-corrected chi connectivity index (χ0v) is 13.8. The van der Waals surface area contributed by atoms with Gasteiger partial charge in [0.15, 0.2) is 0 Å². The lowest BCUT2D eigenvalue weighted by Crippen LogP contribution is -2.31. The minimum absolute atomic E-state index is 0.0672. The van der Waals surface area contributed by atoms with Gasteiger partial charge in [-0.2, -0.15) is 4.98 Å². The number of hydrogen-bond acceptors (Lipinski definition) is 5. The quantitative estimate of drug-likeness (QED) is 0.769.